The van der Waals surface area contributed by atoms with Crippen molar-refractivity contribution < 1.29 is 4.79 Å². The van der Waals surface area contributed by atoms with E-state index < -0.39 is 6.03 Å². The number of aromatic nitrogens is 1. The van der Waals surface area contributed by atoms with Gasteiger partial charge in [0.15, 0.2) is 0 Å². The molecule has 0 atom stereocenters. The van der Waals surface area contributed by atoms with Gasteiger partial charge in [-0.25, -0.2) is 4.79 Å². The summed E-state index contributed by atoms with van der Waals surface area (Å²) in [6.07, 6.45) is 1.93. The summed E-state index contributed by atoms with van der Waals surface area (Å²) in [5.41, 5.74) is 9.01. The molecule has 0 spiro atoms. The molecule has 3 aromatic rings. The topological polar surface area (TPSA) is 82.9 Å². The second-order valence-corrected chi connectivity index (χ2v) is 4.82. The SMILES string of the molecule is NC(=O)Nc1cccc(NCc2ccc3cc[nH]c3c2)c1. The maximum absolute atomic E-state index is 10.8. The van der Waals surface area contributed by atoms with Gasteiger partial charge in [-0.05, 0) is 41.3 Å². The predicted octanol–water partition coefficient (Wildman–Crippen LogP) is 3.27. The van der Waals surface area contributed by atoms with E-state index in [1.807, 2.05) is 30.5 Å². The monoisotopic (exact) mass is 280 g/mol. The Morgan fingerprint density at radius 1 is 1.10 bits per heavy atom. The van der Waals surface area contributed by atoms with Crippen molar-refractivity contribution in [3.05, 3.63) is 60.3 Å². The molecule has 0 aliphatic carbocycles. The van der Waals surface area contributed by atoms with Crippen LogP contribution in [0.4, 0.5) is 16.2 Å². The molecular formula is C16H16N4O. The van der Waals surface area contributed by atoms with Crippen molar-refractivity contribution in [3.8, 4) is 0 Å². The number of primary amides is 1. The van der Waals surface area contributed by atoms with Crippen molar-refractivity contribution in [2.24, 2.45) is 5.73 Å². The van der Waals surface area contributed by atoms with Crippen LogP contribution in [0.5, 0.6) is 0 Å². The first-order valence-corrected chi connectivity index (χ1v) is 6.67. The number of urea groups is 1. The molecule has 21 heavy (non-hydrogen) atoms. The molecule has 0 bridgehead atoms. The number of rotatable bonds is 4. The largest absolute Gasteiger partial charge is 0.381 e. The van der Waals surface area contributed by atoms with Gasteiger partial charge in [-0.15, -0.1) is 0 Å². The molecule has 3 rings (SSSR count). The van der Waals surface area contributed by atoms with Gasteiger partial charge in [0.1, 0.15) is 0 Å². The van der Waals surface area contributed by atoms with Gasteiger partial charge in [0.05, 0.1) is 0 Å². The Morgan fingerprint density at radius 2 is 1.95 bits per heavy atom. The molecule has 0 radical (unpaired) electrons. The Kier molecular flexibility index (Phi) is 3.47. The number of H-pyrrole nitrogens is 1. The minimum absolute atomic E-state index is 0.565. The van der Waals surface area contributed by atoms with Gasteiger partial charge < -0.3 is 21.4 Å². The van der Waals surface area contributed by atoms with Crippen LogP contribution in [0.25, 0.3) is 10.9 Å². The average molecular weight is 280 g/mol. The standard InChI is InChI=1S/C16H16N4O/c17-16(21)20-14-3-1-2-13(9-14)19-10-11-4-5-12-6-7-18-15(12)8-11/h1-9,18-19H,10H2,(H3,17,20,21). The van der Waals surface area contributed by atoms with E-state index in [9.17, 15) is 4.79 Å². The van der Waals surface area contributed by atoms with Crippen LogP contribution in [0, 0.1) is 0 Å². The first kappa shape index (κ1) is 13.1. The normalized spacial score (nSPS) is 10.5. The highest BCUT2D eigenvalue weighted by atomic mass is 16.2. The number of hydrogen-bond acceptors (Lipinski definition) is 2. The lowest BCUT2D eigenvalue weighted by Gasteiger charge is -2.09. The van der Waals surface area contributed by atoms with E-state index >= 15 is 0 Å². The summed E-state index contributed by atoms with van der Waals surface area (Å²) in [6.45, 7) is 0.703. The van der Waals surface area contributed by atoms with Crippen molar-refractivity contribution in [1.29, 1.82) is 0 Å². The number of fused-ring (bicyclic) bond motifs is 1. The van der Waals surface area contributed by atoms with Crippen molar-refractivity contribution in [3.63, 3.8) is 0 Å². The van der Waals surface area contributed by atoms with Crippen LogP contribution in [0.3, 0.4) is 0 Å². The number of nitrogens with one attached hydrogen (secondary N) is 3. The minimum atomic E-state index is -0.565. The highest BCUT2D eigenvalue weighted by Gasteiger charge is 2.00. The Balaban J connectivity index is 1.70. The van der Waals surface area contributed by atoms with E-state index in [1.165, 1.54) is 10.9 Å². The van der Waals surface area contributed by atoms with Crippen molar-refractivity contribution in [2.45, 2.75) is 6.54 Å². The third-order valence-electron chi connectivity index (χ3n) is 3.25. The zero-order valence-electron chi connectivity index (χ0n) is 11.4. The summed E-state index contributed by atoms with van der Waals surface area (Å²) >= 11 is 0. The predicted molar refractivity (Wildman–Crippen MR) is 85.3 cm³/mol. The molecule has 0 aliphatic heterocycles. The fraction of sp³-hybridized carbons (Fsp3) is 0.0625. The van der Waals surface area contributed by atoms with E-state index in [0.717, 1.165) is 11.2 Å². The van der Waals surface area contributed by atoms with Gasteiger partial charge in [0, 0.05) is 29.6 Å². The number of amides is 2. The van der Waals surface area contributed by atoms with Gasteiger partial charge in [-0.3, -0.25) is 0 Å². The summed E-state index contributed by atoms with van der Waals surface area (Å²) in [5, 5.41) is 7.08. The van der Waals surface area contributed by atoms with Crippen molar-refractivity contribution in [1.82, 2.24) is 4.98 Å². The molecule has 0 aliphatic rings. The molecule has 2 amide bonds. The van der Waals surface area contributed by atoms with Crippen molar-refractivity contribution in [2.75, 3.05) is 10.6 Å². The van der Waals surface area contributed by atoms with E-state index in [2.05, 4.69) is 33.8 Å². The molecule has 2 aromatic carbocycles. The van der Waals surface area contributed by atoms with Crippen molar-refractivity contribution >= 4 is 28.3 Å². The maximum atomic E-state index is 10.8. The van der Waals surface area contributed by atoms with E-state index in [-0.39, 0.29) is 0 Å². The highest BCUT2D eigenvalue weighted by Crippen LogP contribution is 2.18. The third-order valence-corrected chi connectivity index (χ3v) is 3.25. The molecule has 1 heterocycles. The third kappa shape index (κ3) is 3.14. The van der Waals surface area contributed by atoms with Gasteiger partial charge >= 0.3 is 6.03 Å². The quantitative estimate of drug-likeness (QED) is 0.591. The van der Waals surface area contributed by atoms with Crippen LogP contribution in [-0.4, -0.2) is 11.0 Å². The van der Waals surface area contributed by atoms with Crippen LogP contribution in [0.1, 0.15) is 5.56 Å². The first-order valence-electron chi connectivity index (χ1n) is 6.67. The lowest BCUT2D eigenvalue weighted by Crippen LogP contribution is -2.19. The van der Waals surface area contributed by atoms with Gasteiger partial charge in [-0.1, -0.05) is 18.2 Å². The number of anilines is 2. The molecule has 5 nitrogen and oxygen atoms in total. The van der Waals surface area contributed by atoms with Crippen LogP contribution < -0.4 is 16.4 Å². The fourth-order valence-electron chi connectivity index (χ4n) is 2.26. The van der Waals surface area contributed by atoms with Crippen LogP contribution >= 0.6 is 0 Å². The maximum Gasteiger partial charge on any atom is 0.316 e. The second kappa shape index (κ2) is 5.58. The fourth-order valence-corrected chi connectivity index (χ4v) is 2.26. The Morgan fingerprint density at radius 3 is 2.81 bits per heavy atom. The zero-order chi connectivity index (χ0) is 14.7. The second-order valence-electron chi connectivity index (χ2n) is 4.82. The Hall–Kier alpha value is -2.95. The summed E-state index contributed by atoms with van der Waals surface area (Å²) in [7, 11) is 0. The molecule has 0 fully saturated rings. The molecule has 0 unspecified atom stereocenters. The summed E-state index contributed by atoms with van der Waals surface area (Å²) < 4.78 is 0. The molecule has 106 valence electrons. The Bertz CT molecular complexity index is 779. The molecule has 0 saturated heterocycles. The number of aromatic amines is 1. The zero-order valence-corrected chi connectivity index (χ0v) is 11.4. The van der Waals surface area contributed by atoms with Crippen LogP contribution in [-0.2, 0) is 6.54 Å². The molecule has 5 N–H and O–H groups in total. The number of nitrogens with two attached hydrogens (primary N) is 1. The van der Waals surface area contributed by atoms with Gasteiger partial charge in [-0.2, -0.15) is 0 Å². The lowest BCUT2D eigenvalue weighted by atomic mass is 10.1. The first-order chi connectivity index (χ1) is 10.2. The smallest absolute Gasteiger partial charge is 0.316 e. The molecular weight excluding hydrogens is 264 g/mol. The van der Waals surface area contributed by atoms with Gasteiger partial charge in [0.25, 0.3) is 0 Å². The molecule has 0 saturated carbocycles. The Labute approximate surface area is 122 Å². The number of hydrogen-bond donors (Lipinski definition) is 4. The van der Waals surface area contributed by atoms with E-state index in [1.54, 1.807) is 6.07 Å². The summed E-state index contributed by atoms with van der Waals surface area (Å²) in [5.74, 6) is 0. The molecule has 5 heteroatoms. The number of carbonyl (C=O) groups is 1. The van der Waals surface area contributed by atoms with Crippen LogP contribution in [0.15, 0.2) is 54.7 Å². The van der Waals surface area contributed by atoms with Crippen LogP contribution in [0.2, 0.25) is 0 Å². The van der Waals surface area contributed by atoms with E-state index in [0.29, 0.717) is 12.2 Å². The minimum Gasteiger partial charge on any atom is -0.381 e. The molecule has 1 aromatic heterocycles. The summed E-state index contributed by atoms with van der Waals surface area (Å²) in [6, 6.07) is 15.2. The summed E-state index contributed by atoms with van der Waals surface area (Å²) in [4.78, 5) is 14.0. The lowest BCUT2D eigenvalue weighted by molar-refractivity contribution is 0.259. The highest BCUT2D eigenvalue weighted by molar-refractivity contribution is 5.88. The average Bonchev–Trinajstić information content (AvgIpc) is 2.92. The number of benzene rings is 2. The van der Waals surface area contributed by atoms with E-state index in [4.69, 9.17) is 5.73 Å². The number of carbonyl (C=O) groups excluding carboxylic acids is 1. The van der Waals surface area contributed by atoms with Gasteiger partial charge in [0.2, 0.25) is 0 Å².